The molecule has 2 aliphatic heterocycles. The molecule has 4 rings (SSSR count). The summed E-state index contributed by atoms with van der Waals surface area (Å²) in [7, 11) is 0. The molecule has 0 fully saturated rings. The van der Waals surface area contributed by atoms with E-state index in [2.05, 4.69) is 5.32 Å². The molecular weight excluding hydrogens is 382 g/mol. The lowest BCUT2D eigenvalue weighted by molar-refractivity contribution is -0.136. The maximum absolute atomic E-state index is 13.0. The summed E-state index contributed by atoms with van der Waals surface area (Å²) < 4.78 is 5.24. The highest BCUT2D eigenvalue weighted by molar-refractivity contribution is 6.00. The van der Waals surface area contributed by atoms with Gasteiger partial charge in [0.15, 0.2) is 0 Å². The summed E-state index contributed by atoms with van der Waals surface area (Å²) in [5.74, 6) is -0.706. The van der Waals surface area contributed by atoms with Crippen LogP contribution in [0.5, 0.6) is 0 Å². The van der Waals surface area contributed by atoms with E-state index in [0.29, 0.717) is 17.8 Å². The number of rotatable bonds is 5. The average molecular weight is 405 g/mol. The largest absolute Gasteiger partial charge is 0.456 e. The monoisotopic (exact) mass is 405 g/mol. The fourth-order valence-corrected chi connectivity index (χ4v) is 3.82. The summed E-state index contributed by atoms with van der Waals surface area (Å²) in [5, 5.41) is 2.86. The van der Waals surface area contributed by atoms with E-state index in [0.717, 1.165) is 16.8 Å². The topological polar surface area (TPSA) is 79.0 Å². The number of benzene rings is 2. The van der Waals surface area contributed by atoms with Gasteiger partial charge < -0.3 is 15.0 Å². The van der Waals surface area contributed by atoms with E-state index in [1.807, 2.05) is 68.4 Å². The van der Waals surface area contributed by atoms with Crippen LogP contribution in [0.25, 0.3) is 0 Å². The van der Waals surface area contributed by atoms with Crippen LogP contribution in [-0.4, -0.2) is 42.5 Å². The Hall–Kier alpha value is -3.61. The van der Waals surface area contributed by atoms with Gasteiger partial charge in [-0.05, 0) is 31.5 Å². The molecule has 0 saturated heterocycles. The van der Waals surface area contributed by atoms with E-state index < -0.39 is 18.0 Å². The number of anilines is 1. The summed E-state index contributed by atoms with van der Waals surface area (Å²) in [5.41, 5.74) is 3.47. The van der Waals surface area contributed by atoms with Crippen LogP contribution in [0.1, 0.15) is 24.1 Å². The average Bonchev–Trinajstić information content (AvgIpc) is 3.13. The standard InChI is InChI=1S/C23H23N3O4/c1-3-25(17-7-5-4-6-8-17)19(27)13-26-18-14-30-22(28)20(18)21(24-23(26)29)16-11-9-15(2)10-12-16/h4-12,21H,3,13-14H2,1-2H3,(H,24,29)/t21-/m0/s1. The number of likely N-dealkylation sites (N-methyl/N-ethyl adjacent to an activating group) is 1. The Kier molecular flexibility index (Phi) is 5.27. The summed E-state index contributed by atoms with van der Waals surface area (Å²) in [6, 6.07) is 15.9. The molecule has 1 atom stereocenters. The number of hydrogen-bond acceptors (Lipinski definition) is 4. The second kappa shape index (κ2) is 8.02. The number of amides is 3. The van der Waals surface area contributed by atoms with Gasteiger partial charge in [-0.3, -0.25) is 9.69 Å². The highest BCUT2D eigenvalue weighted by atomic mass is 16.5. The maximum atomic E-state index is 13.0. The molecule has 1 N–H and O–H groups in total. The van der Waals surface area contributed by atoms with E-state index in [9.17, 15) is 14.4 Å². The molecule has 7 heteroatoms. The van der Waals surface area contributed by atoms with Gasteiger partial charge in [-0.1, -0.05) is 48.0 Å². The summed E-state index contributed by atoms with van der Waals surface area (Å²) in [6.45, 7) is 4.11. The molecule has 0 saturated carbocycles. The van der Waals surface area contributed by atoms with Gasteiger partial charge in [0.2, 0.25) is 5.91 Å². The number of nitrogens with zero attached hydrogens (tertiary/aromatic N) is 2. The molecule has 154 valence electrons. The maximum Gasteiger partial charge on any atom is 0.338 e. The summed E-state index contributed by atoms with van der Waals surface area (Å²) in [4.78, 5) is 41.3. The summed E-state index contributed by atoms with van der Waals surface area (Å²) in [6.07, 6.45) is 0. The van der Waals surface area contributed by atoms with Crippen molar-refractivity contribution in [3.63, 3.8) is 0 Å². The van der Waals surface area contributed by atoms with Gasteiger partial charge in [-0.25, -0.2) is 9.59 Å². The highest BCUT2D eigenvalue weighted by Crippen LogP contribution is 2.35. The third-order valence-electron chi connectivity index (χ3n) is 5.39. The number of ether oxygens (including phenoxy) is 1. The van der Waals surface area contributed by atoms with E-state index in [4.69, 9.17) is 4.74 Å². The van der Waals surface area contributed by atoms with Crippen LogP contribution in [-0.2, 0) is 14.3 Å². The first-order valence-corrected chi connectivity index (χ1v) is 9.89. The summed E-state index contributed by atoms with van der Waals surface area (Å²) >= 11 is 0. The van der Waals surface area contributed by atoms with Crippen molar-refractivity contribution in [2.45, 2.75) is 19.9 Å². The smallest absolute Gasteiger partial charge is 0.338 e. The van der Waals surface area contributed by atoms with Crippen molar-refractivity contribution in [2.24, 2.45) is 0 Å². The lowest BCUT2D eigenvalue weighted by atomic mass is 9.95. The van der Waals surface area contributed by atoms with Gasteiger partial charge >= 0.3 is 12.0 Å². The quantitative estimate of drug-likeness (QED) is 0.776. The van der Waals surface area contributed by atoms with Gasteiger partial charge in [0.25, 0.3) is 0 Å². The van der Waals surface area contributed by atoms with Crippen LogP contribution in [0.4, 0.5) is 10.5 Å². The highest BCUT2D eigenvalue weighted by Gasteiger charge is 2.43. The van der Waals surface area contributed by atoms with E-state index in [-0.39, 0.29) is 19.1 Å². The van der Waals surface area contributed by atoms with Gasteiger partial charge in [0.1, 0.15) is 13.2 Å². The van der Waals surface area contributed by atoms with Crippen molar-refractivity contribution in [1.82, 2.24) is 10.2 Å². The second-order valence-corrected chi connectivity index (χ2v) is 7.29. The second-order valence-electron chi connectivity index (χ2n) is 7.29. The predicted molar refractivity (Wildman–Crippen MR) is 112 cm³/mol. The number of carbonyl (C=O) groups is 3. The molecule has 0 aromatic heterocycles. The zero-order chi connectivity index (χ0) is 21.3. The van der Waals surface area contributed by atoms with E-state index >= 15 is 0 Å². The molecule has 7 nitrogen and oxygen atoms in total. The molecule has 2 heterocycles. The SMILES string of the molecule is CCN(C(=O)CN1C(=O)N[C@@H](c2ccc(C)cc2)C2=C1COC2=O)c1ccccc1. The third-order valence-corrected chi connectivity index (χ3v) is 5.39. The molecule has 30 heavy (non-hydrogen) atoms. The van der Waals surface area contributed by atoms with Crippen molar-refractivity contribution in [3.8, 4) is 0 Å². The van der Waals surface area contributed by atoms with Crippen molar-refractivity contribution in [1.29, 1.82) is 0 Å². The van der Waals surface area contributed by atoms with Gasteiger partial charge in [-0.2, -0.15) is 0 Å². The van der Waals surface area contributed by atoms with Crippen molar-refractivity contribution >= 4 is 23.6 Å². The minimum absolute atomic E-state index is 0.0192. The normalized spacial score (nSPS) is 18.1. The fourth-order valence-electron chi connectivity index (χ4n) is 3.82. The van der Waals surface area contributed by atoms with Crippen molar-refractivity contribution < 1.29 is 19.1 Å². The van der Waals surface area contributed by atoms with E-state index in [1.165, 1.54) is 4.90 Å². The van der Waals surface area contributed by atoms with Gasteiger partial charge in [0, 0.05) is 12.2 Å². The molecule has 2 aromatic rings. The number of carbonyl (C=O) groups excluding carboxylic acids is 3. The number of esters is 1. The Labute approximate surface area is 174 Å². The molecule has 0 bridgehead atoms. The lowest BCUT2D eigenvalue weighted by Crippen LogP contribution is -2.51. The van der Waals surface area contributed by atoms with Crippen LogP contribution in [0.15, 0.2) is 65.9 Å². The molecule has 3 amide bonds. The number of cyclic esters (lactones) is 1. The van der Waals surface area contributed by atoms with Gasteiger partial charge in [0.05, 0.1) is 17.3 Å². The first kappa shape index (κ1) is 19.7. The number of nitrogens with one attached hydrogen (secondary N) is 1. The van der Waals surface area contributed by atoms with E-state index in [1.54, 1.807) is 4.90 Å². The Morgan fingerprint density at radius 3 is 2.50 bits per heavy atom. The van der Waals surface area contributed by atoms with Crippen molar-refractivity contribution in [2.75, 3.05) is 24.6 Å². The van der Waals surface area contributed by atoms with Crippen molar-refractivity contribution in [3.05, 3.63) is 77.0 Å². The molecular formula is C23H23N3O4. The van der Waals surface area contributed by atoms with Crippen LogP contribution in [0.2, 0.25) is 0 Å². The molecule has 2 aliphatic rings. The van der Waals surface area contributed by atoms with Crippen LogP contribution < -0.4 is 10.2 Å². The Morgan fingerprint density at radius 2 is 1.83 bits per heavy atom. The zero-order valence-electron chi connectivity index (χ0n) is 16.9. The molecule has 0 radical (unpaired) electrons. The lowest BCUT2D eigenvalue weighted by Gasteiger charge is -2.33. The first-order valence-electron chi connectivity index (χ1n) is 9.89. The minimum Gasteiger partial charge on any atom is -0.456 e. The Bertz CT molecular complexity index is 1010. The van der Waals surface area contributed by atoms with Crippen LogP contribution >= 0.6 is 0 Å². The predicted octanol–water partition coefficient (Wildman–Crippen LogP) is 2.93. The fraction of sp³-hybridized carbons (Fsp3) is 0.261. The molecule has 2 aromatic carbocycles. The van der Waals surface area contributed by atoms with Crippen LogP contribution in [0, 0.1) is 6.92 Å². The van der Waals surface area contributed by atoms with Gasteiger partial charge in [-0.15, -0.1) is 0 Å². The molecule has 0 aliphatic carbocycles. The molecule has 0 unspecified atom stereocenters. The zero-order valence-corrected chi connectivity index (χ0v) is 16.9. The number of para-hydroxylation sites is 1. The molecule has 0 spiro atoms. The minimum atomic E-state index is -0.592. The first-order chi connectivity index (χ1) is 14.5. The Morgan fingerprint density at radius 1 is 1.13 bits per heavy atom. The number of hydrogen-bond donors (Lipinski definition) is 1. The number of aryl methyl sites for hydroxylation is 1. The Balaban J connectivity index is 1.63. The van der Waals surface area contributed by atoms with Crippen LogP contribution in [0.3, 0.4) is 0 Å². The number of urea groups is 1. The third kappa shape index (κ3) is 3.54.